The number of nitrogens with one attached hydrogen (secondary N) is 1. The molecule has 15 heavy (non-hydrogen) atoms. The first-order chi connectivity index (χ1) is 7.18. The average Bonchev–Trinajstić information content (AvgIpc) is 2.25. The van der Waals surface area contributed by atoms with Crippen molar-refractivity contribution in [1.82, 2.24) is 10.4 Å². The summed E-state index contributed by atoms with van der Waals surface area (Å²) in [5.74, 6) is 0. The summed E-state index contributed by atoms with van der Waals surface area (Å²) in [7, 11) is 0. The molecule has 0 radical (unpaired) electrons. The van der Waals surface area contributed by atoms with Crippen LogP contribution in [0.1, 0.15) is 12.5 Å². The third kappa shape index (κ3) is 4.87. The fourth-order valence-corrected chi connectivity index (χ4v) is 0.918. The zero-order valence-electron chi connectivity index (χ0n) is 8.34. The number of pyridine rings is 1. The summed E-state index contributed by atoms with van der Waals surface area (Å²) in [4.78, 5) is 3.99. The van der Waals surface area contributed by atoms with E-state index in [1.54, 1.807) is 12.4 Å². The quantitative estimate of drug-likeness (QED) is 0.458. The maximum absolute atomic E-state index is 5.23. The van der Waals surface area contributed by atoms with E-state index in [0.29, 0.717) is 0 Å². The van der Waals surface area contributed by atoms with Crippen LogP contribution in [0.25, 0.3) is 6.08 Å². The maximum Gasteiger partial charge on any atom is 0.184 e. The number of rotatable bonds is 3. The second-order valence-electron chi connectivity index (χ2n) is 2.85. The first-order valence-corrected chi connectivity index (χ1v) is 4.77. The number of hydrogen-bond acceptors (Lipinski definition) is 3. The molecular formula is C10H12N4S. The molecular weight excluding hydrogens is 208 g/mol. The minimum absolute atomic E-state index is 0.157. The molecule has 4 nitrogen and oxygen atoms in total. The standard InChI is InChI=1S/C10H12N4S/c1-8(13-14-10(11)15)4-5-9-3-2-6-12-7-9/h2-7H,1H3,(H3,11,14,15)/b5-4-,13-8+. The monoisotopic (exact) mass is 220 g/mol. The van der Waals surface area contributed by atoms with Gasteiger partial charge in [-0.1, -0.05) is 12.1 Å². The Bertz CT molecular complexity index is 384. The first-order valence-electron chi connectivity index (χ1n) is 4.36. The van der Waals surface area contributed by atoms with E-state index in [9.17, 15) is 0 Å². The number of nitrogens with zero attached hydrogens (tertiary/aromatic N) is 2. The SMILES string of the molecule is CC(/C=C\c1cccnc1)=N\NC(N)=S. The van der Waals surface area contributed by atoms with E-state index in [2.05, 4.69) is 27.7 Å². The third-order valence-electron chi connectivity index (χ3n) is 1.54. The lowest BCUT2D eigenvalue weighted by Gasteiger charge is -1.95. The van der Waals surface area contributed by atoms with Crippen molar-refractivity contribution >= 4 is 29.1 Å². The highest BCUT2D eigenvalue weighted by molar-refractivity contribution is 7.80. The molecule has 0 aromatic carbocycles. The molecule has 78 valence electrons. The molecule has 0 saturated carbocycles. The van der Waals surface area contributed by atoms with Crippen LogP contribution < -0.4 is 11.2 Å². The van der Waals surface area contributed by atoms with Crippen LogP contribution in [0.3, 0.4) is 0 Å². The van der Waals surface area contributed by atoms with E-state index in [0.717, 1.165) is 11.3 Å². The number of nitrogens with two attached hydrogens (primary N) is 1. The lowest BCUT2D eigenvalue weighted by molar-refractivity contribution is 1.03. The lowest BCUT2D eigenvalue weighted by Crippen LogP contribution is -2.24. The van der Waals surface area contributed by atoms with Crippen molar-refractivity contribution in [2.45, 2.75) is 6.92 Å². The van der Waals surface area contributed by atoms with Gasteiger partial charge in [0.15, 0.2) is 5.11 Å². The van der Waals surface area contributed by atoms with Gasteiger partial charge in [0.2, 0.25) is 0 Å². The summed E-state index contributed by atoms with van der Waals surface area (Å²) >= 11 is 4.62. The second kappa shape index (κ2) is 5.87. The molecule has 1 heterocycles. The molecule has 5 heteroatoms. The Balaban J connectivity index is 2.58. The molecule has 1 aromatic heterocycles. The number of thiocarbonyl (C=S) groups is 1. The molecule has 3 N–H and O–H groups in total. The molecule has 0 aliphatic heterocycles. The summed E-state index contributed by atoms with van der Waals surface area (Å²) in [6.07, 6.45) is 7.26. The van der Waals surface area contributed by atoms with Gasteiger partial charge in [-0.2, -0.15) is 5.10 Å². The van der Waals surface area contributed by atoms with Crippen LogP contribution in [0.15, 0.2) is 35.7 Å². The minimum Gasteiger partial charge on any atom is -0.375 e. The Morgan fingerprint density at radius 1 is 1.67 bits per heavy atom. The molecule has 0 spiro atoms. The fourth-order valence-electron chi connectivity index (χ4n) is 0.872. The van der Waals surface area contributed by atoms with Crippen LogP contribution in [0, 0.1) is 0 Å². The number of hydrogen-bond donors (Lipinski definition) is 2. The van der Waals surface area contributed by atoms with Crippen molar-refractivity contribution < 1.29 is 0 Å². The van der Waals surface area contributed by atoms with E-state index in [-0.39, 0.29) is 5.11 Å². The van der Waals surface area contributed by atoms with Gasteiger partial charge in [-0.25, -0.2) is 0 Å². The smallest absolute Gasteiger partial charge is 0.184 e. The Kier molecular flexibility index (Phi) is 4.43. The molecule has 0 bridgehead atoms. The average molecular weight is 220 g/mol. The van der Waals surface area contributed by atoms with Gasteiger partial charge in [0.1, 0.15) is 0 Å². The highest BCUT2D eigenvalue weighted by atomic mass is 32.1. The maximum atomic E-state index is 5.23. The highest BCUT2D eigenvalue weighted by Crippen LogP contribution is 1.98. The van der Waals surface area contributed by atoms with Crippen molar-refractivity contribution in [3.8, 4) is 0 Å². The molecule has 0 unspecified atom stereocenters. The van der Waals surface area contributed by atoms with Gasteiger partial charge in [-0.05, 0) is 36.8 Å². The van der Waals surface area contributed by atoms with Gasteiger partial charge in [0, 0.05) is 12.4 Å². The van der Waals surface area contributed by atoms with Crippen LogP contribution in [-0.2, 0) is 0 Å². The Hall–Kier alpha value is -1.75. The van der Waals surface area contributed by atoms with Crippen molar-refractivity contribution in [3.05, 3.63) is 36.2 Å². The lowest BCUT2D eigenvalue weighted by atomic mass is 10.2. The minimum atomic E-state index is 0.157. The van der Waals surface area contributed by atoms with Crippen molar-refractivity contribution in [3.63, 3.8) is 0 Å². The van der Waals surface area contributed by atoms with Gasteiger partial charge in [-0.15, -0.1) is 0 Å². The van der Waals surface area contributed by atoms with Crippen molar-refractivity contribution in [2.24, 2.45) is 10.8 Å². The summed E-state index contributed by atoms with van der Waals surface area (Å²) in [6, 6.07) is 3.83. The summed E-state index contributed by atoms with van der Waals surface area (Å²) < 4.78 is 0. The van der Waals surface area contributed by atoms with Gasteiger partial charge in [-0.3, -0.25) is 10.4 Å². The van der Waals surface area contributed by atoms with Crippen LogP contribution in [0.2, 0.25) is 0 Å². The zero-order valence-corrected chi connectivity index (χ0v) is 9.16. The van der Waals surface area contributed by atoms with Gasteiger partial charge in [0.05, 0.1) is 5.71 Å². The molecule has 0 aliphatic carbocycles. The van der Waals surface area contributed by atoms with Crippen molar-refractivity contribution in [1.29, 1.82) is 0 Å². The molecule has 0 atom stereocenters. The van der Waals surface area contributed by atoms with Crippen molar-refractivity contribution in [2.75, 3.05) is 0 Å². The van der Waals surface area contributed by atoms with Gasteiger partial charge in [0.25, 0.3) is 0 Å². The Labute approximate surface area is 93.9 Å². The largest absolute Gasteiger partial charge is 0.375 e. The molecule has 1 aromatic rings. The van der Waals surface area contributed by atoms with E-state index in [1.807, 2.05) is 31.2 Å². The Morgan fingerprint density at radius 3 is 3.07 bits per heavy atom. The first kappa shape index (κ1) is 11.3. The number of allylic oxidation sites excluding steroid dienone is 1. The molecule has 0 amide bonds. The van der Waals surface area contributed by atoms with Crippen LogP contribution in [0.5, 0.6) is 0 Å². The topological polar surface area (TPSA) is 63.3 Å². The van der Waals surface area contributed by atoms with Crippen LogP contribution in [0.4, 0.5) is 0 Å². The number of hydrazone groups is 1. The predicted molar refractivity (Wildman–Crippen MR) is 66.3 cm³/mol. The predicted octanol–water partition coefficient (Wildman–Crippen LogP) is 1.30. The summed E-state index contributed by atoms with van der Waals surface area (Å²) in [5.41, 5.74) is 9.54. The zero-order chi connectivity index (χ0) is 11.1. The fraction of sp³-hybridized carbons (Fsp3) is 0.100. The van der Waals surface area contributed by atoms with E-state index in [4.69, 9.17) is 5.73 Å². The second-order valence-corrected chi connectivity index (χ2v) is 3.29. The molecule has 0 aliphatic rings. The van der Waals surface area contributed by atoms with E-state index in [1.165, 1.54) is 0 Å². The number of aromatic nitrogens is 1. The van der Waals surface area contributed by atoms with Crippen LogP contribution >= 0.6 is 12.2 Å². The summed E-state index contributed by atoms with van der Waals surface area (Å²) in [5, 5.41) is 4.09. The Morgan fingerprint density at radius 2 is 2.47 bits per heavy atom. The normalized spacial score (nSPS) is 11.7. The van der Waals surface area contributed by atoms with Gasteiger partial charge < -0.3 is 5.73 Å². The molecule has 1 rings (SSSR count). The van der Waals surface area contributed by atoms with Gasteiger partial charge >= 0.3 is 0 Å². The third-order valence-corrected chi connectivity index (χ3v) is 1.64. The molecule has 0 fully saturated rings. The molecule has 0 saturated heterocycles. The van der Waals surface area contributed by atoms with E-state index < -0.39 is 0 Å². The highest BCUT2D eigenvalue weighted by Gasteiger charge is 1.87. The van der Waals surface area contributed by atoms with E-state index >= 15 is 0 Å². The van der Waals surface area contributed by atoms with Crippen LogP contribution in [-0.4, -0.2) is 15.8 Å². The summed E-state index contributed by atoms with van der Waals surface area (Å²) in [6.45, 7) is 1.85.